The van der Waals surface area contributed by atoms with E-state index in [0.717, 1.165) is 21.8 Å². The standard InChI is InChI=1S/C27H26N2OS4/c1-26(2)27(3,4)29(30)23(28-26)21-13-9-19(10-14-21)6-5-18-7-11-20(12-8-18)22-17-33-25(34-22)24-31-15-16-32-24/h5-17,25H,1-4H3/q+1/b6-5-. The predicted octanol–water partition coefficient (Wildman–Crippen LogP) is 8.70. The Morgan fingerprint density at radius 3 is 2.09 bits per heavy atom. The van der Waals surface area contributed by atoms with Gasteiger partial charge in [0.05, 0.1) is 33.8 Å². The van der Waals surface area contributed by atoms with Crippen LogP contribution >= 0.6 is 46.2 Å². The second kappa shape index (κ2) is 9.28. The Kier molecular flexibility index (Phi) is 6.50. The Hall–Kier alpha value is -1.90. The van der Waals surface area contributed by atoms with Gasteiger partial charge in [-0.15, -0.1) is 11.8 Å². The van der Waals surface area contributed by atoms with Gasteiger partial charge in [-0.3, -0.25) is 4.99 Å². The first-order valence-electron chi connectivity index (χ1n) is 11.1. The maximum Gasteiger partial charge on any atom is 0.277 e. The molecule has 1 unspecified atom stereocenters. The second-order valence-corrected chi connectivity index (χ2v) is 13.9. The summed E-state index contributed by atoms with van der Waals surface area (Å²) in [5.74, 6) is 0.514. The van der Waals surface area contributed by atoms with Gasteiger partial charge in [-0.2, -0.15) is 5.06 Å². The topological polar surface area (TPSA) is 35.5 Å². The van der Waals surface area contributed by atoms with Crippen molar-refractivity contribution in [3.05, 3.63) is 91.1 Å². The van der Waals surface area contributed by atoms with Gasteiger partial charge in [-0.05, 0) is 49.8 Å². The summed E-state index contributed by atoms with van der Waals surface area (Å²) in [5.41, 5.74) is 3.39. The number of amidine groups is 1. The van der Waals surface area contributed by atoms with E-state index >= 15 is 0 Å². The van der Waals surface area contributed by atoms with Crippen LogP contribution in [0.15, 0.2) is 69.7 Å². The van der Waals surface area contributed by atoms with Crippen molar-refractivity contribution in [2.75, 3.05) is 0 Å². The Balaban J connectivity index is 1.24. The third kappa shape index (κ3) is 4.52. The van der Waals surface area contributed by atoms with E-state index in [1.54, 1.807) is 0 Å². The monoisotopic (exact) mass is 522 g/mol. The normalized spacial score (nSPS) is 21.2. The van der Waals surface area contributed by atoms with Crippen molar-refractivity contribution in [3.8, 4) is 0 Å². The van der Waals surface area contributed by atoms with Gasteiger partial charge in [0, 0.05) is 10.5 Å². The molecule has 2 aliphatic heterocycles. The summed E-state index contributed by atoms with van der Waals surface area (Å²) in [5, 5.41) is 20.5. The SMILES string of the molecule is CC1(C)N=C(c2ccc(/C=C\c3ccc(C4=CSC(c5scc[s+]5)S4)cc3)cc2)N([O])C1(C)C. The number of benzene rings is 2. The average molecular weight is 523 g/mol. The van der Waals surface area contributed by atoms with Crippen LogP contribution in [-0.2, 0) is 5.21 Å². The van der Waals surface area contributed by atoms with Gasteiger partial charge >= 0.3 is 0 Å². The van der Waals surface area contributed by atoms with Crippen LogP contribution in [0.1, 0.15) is 58.7 Å². The van der Waals surface area contributed by atoms with Crippen LogP contribution in [0.4, 0.5) is 0 Å². The molecule has 0 saturated heterocycles. The van der Waals surface area contributed by atoms with Gasteiger partial charge in [-0.25, -0.2) is 0 Å². The van der Waals surface area contributed by atoms with Crippen LogP contribution < -0.4 is 0 Å². The molecule has 0 fully saturated rings. The molecule has 34 heavy (non-hydrogen) atoms. The highest BCUT2D eigenvalue weighted by Crippen LogP contribution is 2.56. The molecule has 2 aliphatic rings. The highest BCUT2D eigenvalue weighted by molar-refractivity contribution is 8.25. The minimum Gasteiger partial charge on any atom is -0.257 e. The number of thioether (sulfide) groups is 2. The van der Waals surface area contributed by atoms with Crippen molar-refractivity contribution in [2.24, 2.45) is 4.99 Å². The number of rotatable bonds is 5. The minimum absolute atomic E-state index is 0.425. The van der Waals surface area contributed by atoms with Crippen LogP contribution in [0.3, 0.4) is 0 Å². The van der Waals surface area contributed by atoms with Crippen LogP contribution in [0, 0.1) is 0 Å². The molecule has 1 aromatic heterocycles. The largest absolute Gasteiger partial charge is 0.277 e. The zero-order valence-electron chi connectivity index (χ0n) is 19.5. The lowest BCUT2D eigenvalue weighted by molar-refractivity contribution is -0.158. The van der Waals surface area contributed by atoms with Crippen molar-refractivity contribution >= 4 is 69.1 Å². The maximum absolute atomic E-state index is 12.8. The quantitative estimate of drug-likeness (QED) is 0.248. The van der Waals surface area contributed by atoms with E-state index in [-0.39, 0.29) is 0 Å². The van der Waals surface area contributed by atoms with E-state index < -0.39 is 11.1 Å². The molecule has 3 aromatic rings. The molecule has 0 saturated carbocycles. The molecule has 1 radical (unpaired) electrons. The van der Waals surface area contributed by atoms with Crippen molar-refractivity contribution < 1.29 is 5.21 Å². The molecule has 2 aromatic carbocycles. The second-order valence-electron chi connectivity index (χ2n) is 9.32. The van der Waals surface area contributed by atoms with Crippen molar-refractivity contribution in [3.63, 3.8) is 0 Å². The van der Waals surface area contributed by atoms with Crippen molar-refractivity contribution in [1.82, 2.24) is 5.06 Å². The number of hydroxylamine groups is 2. The number of hydrogen-bond donors (Lipinski definition) is 0. The predicted molar refractivity (Wildman–Crippen MR) is 152 cm³/mol. The fourth-order valence-electron chi connectivity index (χ4n) is 3.70. The first-order chi connectivity index (χ1) is 16.2. The number of nitrogens with zero attached hydrogens (tertiary/aromatic N) is 2. The molecule has 0 spiro atoms. The van der Waals surface area contributed by atoms with E-state index in [2.05, 4.69) is 52.6 Å². The number of hydrogen-bond acceptors (Lipinski definition) is 5. The van der Waals surface area contributed by atoms with Crippen molar-refractivity contribution in [1.29, 1.82) is 0 Å². The summed E-state index contributed by atoms with van der Waals surface area (Å²) in [4.78, 5) is 6.06. The van der Waals surface area contributed by atoms with Crippen LogP contribution in [0.5, 0.6) is 0 Å². The summed E-state index contributed by atoms with van der Waals surface area (Å²) in [6.07, 6.45) is 4.23. The van der Waals surface area contributed by atoms with Gasteiger partial charge in [0.25, 0.3) is 4.19 Å². The van der Waals surface area contributed by atoms with E-state index in [9.17, 15) is 5.21 Å². The van der Waals surface area contributed by atoms with Crippen LogP contribution in [0.2, 0.25) is 0 Å². The van der Waals surface area contributed by atoms with Gasteiger partial charge in [0.2, 0.25) is 0 Å². The summed E-state index contributed by atoms with van der Waals surface area (Å²) in [7, 11) is 0. The summed E-state index contributed by atoms with van der Waals surface area (Å²) >= 11 is 7.53. The average Bonchev–Trinajstić information content (AvgIpc) is 3.56. The Morgan fingerprint density at radius 1 is 0.941 bits per heavy atom. The lowest BCUT2D eigenvalue weighted by Gasteiger charge is -2.35. The fourth-order valence-corrected chi connectivity index (χ4v) is 8.66. The van der Waals surface area contributed by atoms with Crippen molar-refractivity contribution in [2.45, 2.75) is 43.4 Å². The smallest absolute Gasteiger partial charge is 0.257 e. The maximum atomic E-state index is 12.8. The molecular formula is C27H26N2OS4+. The third-order valence-corrected chi connectivity index (χ3v) is 12.1. The lowest BCUT2D eigenvalue weighted by atomic mass is 9.84. The zero-order valence-corrected chi connectivity index (χ0v) is 22.8. The Morgan fingerprint density at radius 2 is 1.56 bits per heavy atom. The first kappa shape index (κ1) is 23.8. The molecular weight excluding hydrogens is 497 g/mol. The molecule has 1 atom stereocenters. The molecule has 3 heterocycles. The molecule has 0 bridgehead atoms. The minimum atomic E-state index is -0.565. The molecule has 0 aliphatic carbocycles. The van der Waals surface area contributed by atoms with Crippen LogP contribution in [-0.4, -0.2) is 22.0 Å². The van der Waals surface area contributed by atoms with Crippen LogP contribution in [0.25, 0.3) is 17.1 Å². The molecule has 3 nitrogen and oxygen atoms in total. The van der Waals surface area contributed by atoms with Gasteiger partial charge in [-0.1, -0.05) is 77.7 Å². The van der Waals surface area contributed by atoms with E-state index in [1.165, 1.54) is 14.7 Å². The first-order valence-corrected chi connectivity index (χ1v) is 14.7. The van der Waals surface area contributed by atoms with Gasteiger partial charge in [0.1, 0.15) is 15.3 Å². The molecule has 0 N–H and O–H groups in total. The van der Waals surface area contributed by atoms with E-state index in [4.69, 9.17) is 4.99 Å². The van der Waals surface area contributed by atoms with E-state index in [0.29, 0.717) is 10.4 Å². The summed E-state index contributed by atoms with van der Waals surface area (Å²) < 4.78 is 1.95. The zero-order chi connectivity index (χ0) is 23.9. The fraction of sp³-hybridized carbons (Fsp3) is 0.259. The molecule has 7 heteroatoms. The summed E-state index contributed by atoms with van der Waals surface area (Å²) in [6, 6.07) is 16.8. The highest BCUT2D eigenvalue weighted by atomic mass is 32.2. The molecule has 173 valence electrons. The highest BCUT2D eigenvalue weighted by Gasteiger charge is 2.50. The van der Waals surface area contributed by atoms with Gasteiger partial charge in [0.15, 0.2) is 5.84 Å². The Bertz CT molecular complexity index is 1260. The van der Waals surface area contributed by atoms with Gasteiger partial charge < -0.3 is 0 Å². The molecule has 5 rings (SSSR count). The van der Waals surface area contributed by atoms with E-state index in [1.807, 2.05) is 98.2 Å². The molecule has 0 amide bonds. The Labute approximate surface area is 217 Å². The summed E-state index contributed by atoms with van der Waals surface area (Å²) in [6.45, 7) is 7.91. The number of aliphatic imine (C=N–C) groups is 1. The third-order valence-electron chi connectivity index (χ3n) is 6.56. The lowest BCUT2D eigenvalue weighted by Crippen LogP contribution is -2.50.